The lowest BCUT2D eigenvalue weighted by Gasteiger charge is -2.14. The highest BCUT2D eigenvalue weighted by Crippen LogP contribution is 2.20. The Morgan fingerprint density at radius 3 is 2.39 bits per heavy atom. The molecular formula is C22H19F3N2O5S. The number of hydrogen-bond acceptors (Lipinski definition) is 5. The molecule has 0 spiro atoms. The number of amides is 1. The Morgan fingerprint density at radius 2 is 1.67 bits per heavy atom. The second-order valence-corrected chi connectivity index (χ2v) is 8.77. The summed E-state index contributed by atoms with van der Waals surface area (Å²) in [6.07, 6.45) is -1.79. The number of hydrogen-bond donors (Lipinski definition) is 2. The number of sulfonamides is 1. The van der Waals surface area contributed by atoms with Gasteiger partial charge in [-0.25, -0.2) is 26.3 Å². The first kappa shape index (κ1) is 24.2. The van der Waals surface area contributed by atoms with E-state index in [9.17, 15) is 31.2 Å². The van der Waals surface area contributed by atoms with Gasteiger partial charge in [0.1, 0.15) is 0 Å². The summed E-state index contributed by atoms with van der Waals surface area (Å²) in [5.74, 6) is -6.65. The maximum absolute atomic E-state index is 13.7. The summed E-state index contributed by atoms with van der Waals surface area (Å²) in [5, 5.41) is 3.59. The fourth-order valence-electron chi connectivity index (χ4n) is 2.87. The lowest BCUT2D eigenvalue weighted by molar-refractivity contribution is -0.152. The molecule has 3 aromatic carbocycles. The van der Waals surface area contributed by atoms with E-state index in [4.69, 9.17) is 4.74 Å². The highest BCUT2D eigenvalue weighted by atomic mass is 32.2. The van der Waals surface area contributed by atoms with Gasteiger partial charge < -0.3 is 10.1 Å². The van der Waals surface area contributed by atoms with Crippen molar-refractivity contribution in [3.05, 3.63) is 72.0 Å². The van der Waals surface area contributed by atoms with E-state index in [1.165, 1.54) is 19.1 Å². The molecule has 0 aliphatic rings. The molecule has 174 valence electrons. The maximum Gasteiger partial charge on any atom is 0.307 e. The minimum Gasteiger partial charge on any atom is -0.452 e. The van der Waals surface area contributed by atoms with Gasteiger partial charge in [0.2, 0.25) is 10.0 Å². The molecule has 33 heavy (non-hydrogen) atoms. The molecular weight excluding hydrogens is 461 g/mol. The van der Waals surface area contributed by atoms with Crippen molar-refractivity contribution >= 4 is 38.4 Å². The molecule has 0 radical (unpaired) electrons. The SMILES string of the molecule is CC(OC(=O)CCNS(=O)(=O)c1ccc2ccccc2c1)C(=O)Nc1ccc(F)c(F)c1F. The number of anilines is 1. The lowest BCUT2D eigenvalue weighted by Crippen LogP contribution is -2.32. The number of fused-ring (bicyclic) bond motifs is 1. The molecule has 1 unspecified atom stereocenters. The summed E-state index contributed by atoms with van der Waals surface area (Å²) in [5.41, 5.74) is -0.620. The molecule has 1 atom stereocenters. The van der Waals surface area contributed by atoms with Crippen LogP contribution < -0.4 is 10.0 Å². The van der Waals surface area contributed by atoms with Crippen molar-refractivity contribution < 1.29 is 35.9 Å². The molecule has 0 saturated carbocycles. The summed E-state index contributed by atoms with van der Waals surface area (Å²) >= 11 is 0. The van der Waals surface area contributed by atoms with Gasteiger partial charge in [-0.2, -0.15) is 0 Å². The van der Waals surface area contributed by atoms with Gasteiger partial charge in [0.15, 0.2) is 23.6 Å². The summed E-state index contributed by atoms with van der Waals surface area (Å²) in [6.45, 7) is 0.893. The largest absolute Gasteiger partial charge is 0.452 e. The van der Waals surface area contributed by atoms with Crippen LogP contribution in [0.15, 0.2) is 59.5 Å². The Hall–Kier alpha value is -3.44. The van der Waals surface area contributed by atoms with Crippen LogP contribution in [0, 0.1) is 17.5 Å². The molecule has 3 aromatic rings. The highest BCUT2D eigenvalue weighted by molar-refractivity contribution is 7.89. The smallest absolute Gasteiger partial charge is 0.307 e. The second-order valence-electron chi connectivity index (χ2n) is 7.00. The summed E-state index contributed by atoms with van der Waals surface area (Å²) in [4.78, 5) is 24.0. The Balaban J connectivity index is 1.52. The fraction of sp³-hybridized carbons (Fsp3) is 0.182. The van der Waals surface area contributed by atoms with Crippen LogP contribution in [0.3, 0.4) is 0 Å². The van der Waals surface area contributed by atoms with E-state index in [2.05, 4.69) is 4.72 Å². The minimum atomic E-state index is -3.89. The van der Waals surface area contributed by atoms with Crippen molar-refractivity contribution in [2.45, 2.75) is 24.3 Å². The second kappa shape index (κ2) is 10.0. The molecule has 0 saturated heterocycles. The Labute approximate surface area is 187 Å². The molecule has 1 amide bonds. The number of nitrogens with one attached hydrogen (secondary N) is 2. The number of carbonyl (C=O) groups is 2. The van der Waals surface area contributed by atoms with Crippen molar-refractivity contribution in [1.82, 2.24) is 4.72 Å². The van der Waals surface area contributed by atoms with Crippen molar-refractivity contribution in [2.75, 3.05) is 11.9 Å². The summed E-state index contributed by atoms with van der Waals surface area (Å²) < 4.78 is 71.9. The van der Waals surface area contributed by atoms with Crippen LogP contribution in [-0.4, -0.2) is 32.9 Å². The minimum absolute atomic E-state index is 0.0240. The average molecular weight is 480 g/mol. The van der Waals surface area contributed by atoms with Crippen LogP contribution in [0.2, 0.25) is 0 Å². The predicted molar refractivity (Wildman–Crippen MR) is 114 cm³/mol. The zero-order valence-corrected chi connectivity index (χ0v) is 18.1. The average Bonchev–Trinajstić information content (AvgIpc) is 2.78. The first-order valence-electron chi connectivity index (χ1n) is 9.71. The van der Waals surface area contributed by atoms with E-state index in [1.54, 1.807) is 18.2 Å². The van der Waals surface area contributed by atoms with E-state index >= 15 is 0 Å². The van der Waals surface area contributed by atoms with Gasteiger partial charge in [-0.05, 0) is 42.0 Å². The molecule has 0 fully saturated rings. The zero-order valence-electron chi connectivity index (χ0n) is 17.3. The van der Waals surface area contributed by atoms with Gasteiger partial charge >= 0.3 is 5.97 Å². The lowest BCUT2D eigenvalue weighted by atomic mass is 10.1. The number of halogens is 3. The first-order chi connectivity index (χ1) is 15.6. The molecule has 0 heterocycles. The predicted octanol–water partition coefficient (Wildman–Crippen LogP) is 3.50. The number of esters is 1. The van der Waals surface area contributed by atoms with Crippen molar-refractivity contribution in [1.29, 1.82) is 0 Å². The van der Waals surface area contributed by atoms with E-state index in [-0.39, 0.29) is 17.9 Å². The summed E-state index contributed by atoms with van der Waals surface area (Å²) in [7, 11) is -3.89. The zero-order chi connectivity index (χ0) is 24.2. The van der Waals surface area contributed by atoms with Crippen LogP contribution in [0.4, 0.5) is 18.9 Å². The van der Waals surface area contributed by atoms with E-state index in [1.807, 2.05) is 17.4 Å². The van der Waals surface area contributed by atoms with Crippen LogP contribution in [-0.2, 0) is 24.3 Å². The van der Waals surface area contributed by atoms with Crippen LogP contribution in [0.1, 0.15) is 13.3 Å². The van der Waals surface area contributed by atoms with Crippen molar-refractivity contribution in [3.63, 3.8) is 0 Å². The molecule has 0 bridgehead atoms. The van der Waals surface area contributed by atoms with E-state index in [0.29, 0.717) is 6.07 Å². The molecule has 7 nitrogen and oxygen atoms in total. The number of benzene rings is 3. The number of rotatable bonds is 8. The third kappa shape index (κ3) is 5.88. The molecule has 0 aromatic heterocycles. The number of carbonyl (C=O) groups excluding carboxylic acids is 2. The van der Waals surface area contributed by atoms with Gasteiger partial charge in [0.25, 0.3) is 5.91 Å². The van der Waals surface area contributed by atoms with Gasteiger partial charge in [-0.3, -0.25) is 9.59 Å². The monoisotopic (exact) mass is 480 g/mol. The van der Waals surface area contributed by atoms with Crippen LogP contribution >= 0.6 is 0 Å². The first-order valence-corrected chi connectivity index (χ1v) is 11.2. The van der Waals surface area contributed by atoms with Crippen LogP contribution in [0.25, 0.3) is 10.8 Å². The third-order valence-corrected chi connectivity index (χ3v) is 6.08. The third-order valence-electron chi connectivity index (χ3n) is 4.62. The van der Waals surface area contributed by atoms with Crippen LogP contribution in [0.5, 0.6) is 0 Å². The Morgan fingerprint density at radius 1 is 0.970 bits per heavy atom. The quantitative estimate of drug-likeness (QED) is 0.380. The Kier molecular flexibility index (Phi) is 7.34. The van der Waals surface area contributed by atoms with Crippen molar-refractivity contribution in [2.24, 2.45) is 0 Å². The van der Waals surface area contributed by atoms with Crippen molar-refractivity contribution in [3.8, 4) is 0 Å². The van der Waals surface area contributed by atoms with Gasteiger partial charge in [0.05, 0.1) is 17.0 Å². The highest BCUT2D eigenvalue weighted by Gasteiger charge is 2.22. The molecule has 3 rings (SSSR count). The van der Waals surface area contributed by atoms with Gasteiger partial charge in [-0.1, -0.05) is 30.3 Å². The van der Waals surface area contributed by atoms with Gasteiger partial charge in [0, 0.05) is 6.54 Å². The number of ether oxygens (including phenoxy) is 1. The topological polar surface area (TPSA) is 102 Å². The van der Waals surface area contributed by atoms with Gasteiger partial charge in [-0.15, -0.1) is 0 Å². The standard InChI is InChI=1S/C22H19F3N2O5S/c1-13(22(29)27-18-9-8-17(23)20(24)21(18)25)32-19(28)10-11-26-33(30,31)16-7-6-14-4-2-3-5-15(14)12-16/h2-9,12-13,26H,10-11H2,1H3,(H,27,29). The van der Waals surface area contributed by atoms with E-state index in [0.717, 1.165) is 16.8 Å². The normalized spacial score (nSPS) is 12.4. The molecule has 11 heteroatoms. The summed E-state index contributed by atoms with van der Waals surface area (Å²) in [6, 6.07) is 13.3. The molecule has 0 aliphatic heterocycles. The maximum atomic E-state index is 13.7. The fourth-order valence-corrected chi connectivity index (χ4v) is 3.94. The van der Waals surface area contributed by atoms with E-state index < -0.39 is 51.1 Å². The molecule has 0 aliphatic carbocycles. The Bertz CT molecular complexity index is 1310. The molecule has 2 N–H and O–H groups in total.